The molecule has 2 aromatic rings. The summed E-state index contributed by atoms with van der Waals surface area (Å²) in [6, 6.07) is 1.92. The van der Waals surface area contributed by atoms with Crippen molar-refractivity contribution in [3.63, 3.8) is 0 Å². The molecule has 1 aliphatic carbocycles. The van der Waals surface area contributed by atoms with Gasteiger partial charge in [0.1, 0.15) is 5.65 Å². The lowest BCUT2D eigenvalue weighted by atomic mass is 9.81. The van der Waals surface area contributed by atoms with Gasteiger partial charge in [0.25, 0.3) is 0 Å². The van der Waals surface area contributed by atoms with Crippen LogP contribution in [0.5, 0.6) is 0 Å². The molecule has 1 fully saturated rings. The molecule has 0 bridgehead atoms. The van der Waals surface area contributed by atoms with E-state index in [9.17, 15) is 5.11 Å². The maximum Gasteiger partial charge on any atom is 0.224 e. The van der Waals surface area contributed by atoms with Crippen LogP contribution in [0.1, 0.15) is 44.0 Å². The molecule has 6 heteroatoms. The van der Waals surface area contributed by atoms with Crippen LogP contribution in [-0.4, -0.2) is 25.9 Å². The van der Waals surface area contributed by atoms with E-state index in [-0.39, 0.29) is 10.8 Å². The molecule has 1 unspecified atom stereocenters. The standard InChI is InChI=1S/C14H15ClN4O/c15-13-16-7-9-6-10-12(20)17-8-14(4-2-1-3-5-14)19(10)11(9)18-13/h6-8,12,20H,1-5H2. The summed E-state index contributed by atoms with van der Waals surface area (Å²) < 4.78 is 2.13. The molecule has 0 aromatic carbocycles. The molecule has 0 radical (unpaired) electrons. The van der Waals surface area contributed by atoms with Crippen LogP contribution in [0.15, 0.2) is 17.3 Å². The Labute approximate surface area is 121 Å². The Bertz CT molecular complexity index is 703. The molecule has 1 saturated carbocycles. The van der Waals surface area contributed by atoms with Gasteiger partial charge in [-0.15, -0.1) is 0 Å². The summed E-state index contributed by atoms with van der Waals surface area (Å²) in [5.74, 6) is 0. The van der Waals surface area contributed by atoms with Crippen molar-refractivity contribution in [1.82, 2.24) is 14.5 Å². The molecule has 1 aliphatic heterocycles. The first-order valence-corrected chi connectivity index (χ1v) is 7.34. The third kappa shape index (κ3) is 1.63. The molecule has 2 aromatic heterocycles. The molecule has 1 N–H and O–H groups in total. The maximum absolute atomic E-state index is 10.1. The molecular formula is C14H15ClN4O. The fourth-order valence-corrected chi connectivity index (χ4v) is 3.64. The average molecular weight is 291 g/mol. The van der Waals surface area contributed by atoms with Crippen molar-refractivity contribution in [3.8, 4) is 0 Å². The van der Waals surface area contributed by atoms with E-state index < -0.39 is 6.23 Å². The molecule has 5 nitrogen and oxygen atoms in total. The van der Waals surface area contributed by atoms with E-state index in [1.165, 1.54) is 19.3 Å². The zero-order valence-corrected chi connectivity index (χ0v) is 11.7. The zero-order chi connectivity index (χ0) is 13.7. The fourth-order valence-electron chi connectivity index (χ4n) is 3.51. The van der Waals surface area contributed by atoms with Gasteiger partial charge < -0.3 is 9.67 Å². The number of nitrogens with zero attached hydrogens (tertiary/aromatic N) is 4. The largest absolute Gasteiger partial charge is 0.367 e. The third-order valence-corrected chi connectivity index (χ3v) is 4.61. The van der Waals surface area contributed by atoms with Gasteiger partial charge in [0.05, 0.1) is 11.2 Å². The summed E-state index contributed by atoms with van der Waals surface area (Å²) in [6.07, 6.45) is 8.44. The number of hydrogen-bond donors (Lipinski definition) is 1. The van der Waals surface area contributed by atoms with Gasteiger partial charge in [-0.1, -0.05) is 19.3 Å². The predicted octanol–water partition coefficient (Wildman–Crippen LogP) is 2.82. The van der Waals surface area contributed by atoms with E-state index in [0.29, 0.717) is 0 Å². The summed E-state index contributed by atoms with van der Waals surface area (Å²) in [5.41, 5.74) is 1.43. The van der Waals surface area contributed by atoms with Gasteiger partial charge in [0.15, 0.2) is 6.23 Å². The molecule has 0 saturated heterocycles. The summed E-state index contributed by atoms with van der Waals surface area (Å²) in [6.45, 7) is 0. The van der Waals surface area contributed by atoms with E-state index in [1.54, 1.807) is 6.20 Å². The summed E-state index contributed by atoms with van der Waals surface area (Å²) in [5, 5.41) is 11.3. The molecule has 2 aliphatic rings. The first kappa shape index (κ1) is 12.3. The van der Waals surface area contributed by atoms with Gasteiger partial charge >= 0.3 is 0 Å². The van der Waals surface area contributed by atoms with Crippen molar-refractivity contribution in [1.29, 1.82) is 0 Å². The molecular weight excluding hydrogens is 276 g/mol. The molecule has 1 spiro atoms. The number of hydrogen-bond acceptors (Lipinski definition) is 4. The number of aliphatic hydroxyl groups is 1. The van der Waals surface area contributed by atoms with E-state index in [4.69, 9.17) is 11.6 Å². The van der Waals surface area contributed by atoms with Crippen LogP contribution < -0.4 is 0 Å². The smallest absolute Gasteiger partial charge is 0.224 e. The van der Waals surface area contributed by atoms with Crippen LogP contribution in [0.3, 0.4) is 0 Å². The quantitative estimate of drug-likeness (QED) is 0.759. The molecule has 4 rings (SSSR count). The average Bonchev–Trinajstić information content (AvgIpc) is 2.85. The summed E-state index contributed by atoms with van der Waals surface area (Å²) >= 11 is 5.95. The van der Waals surface area contributed by atoms with Gasteiger partial charge in [0.2, 0.25) is 5.28 Å². The van der Waals surface area contributed by atoms with Gasteiger partial charge in [0, 0.05) is 17.8 Å². The Morgan fingerprint density at radius 2 is 2.10 bits per heavy atom. The number of fused-ring (bicyclic) bond motifs is 4. The Kier molecular flexibility index (Phi) is 2.62. The maximum atomic E-state index is 10.1. The van der Waals surface area contributed by atoms with Crippen molar-refractivity contribution in [3.05, 3.63) is 23.2 Å². The van der Waals surface area contributed by atoms with Crippen LogP contribution in [0.25, 0.3) is 11.0 Å². The molecule has 0 amide bonds. The first-order chi connectivity index (χ1) is 9.70. The second-order valence-electron chi connectivity index (χ2n) is 5.64. The summed E-state index contributed by atoms with van der Waals surface area (Å²) in [4.78, 5) is 12.7. The second kappa shape index (κ2) is 4.27. The SMILES string of the molecule is OC1N=CC2(CCCCC2)n2c1cc1cnc(Cl)nc12. The van der Waals surface area contributed by atoms with Gasteiger partial charge in [-0.3, -0.25) is 4.99 Å². The van der Waals surface area contributed by atoms with Crippen LogP contribution in [-0.2, 0) is 5.54 Å². The highest BCUT2D eigenvalue weighted by Crippen LogP contribution is 2.41. The lowest BCUT2D eigenvalue weighted by Gasteiger charge is -2.40. The van der Waals surface area contributed by atoms with Crippen molar-refractivity contribution in [2.24, 2.45) is 4.99 Å². The number of halogens is 1. The third-order valence-electron chi connectivity index (χ3n) is 4.43. The van der Waals surface area contributed by atoms with E-state index in [0.717, 1.165) is 29.6 Å². The highest BCUT2D eigenvalue weighted by atomic mass is 35.5. The van der Waals surface area contributed by atoms with Gasteiger partial charge in [-0.2, -0.15) is 4.98 Å². The number of rotatable bonds is 0. The summed E-state index contributed by atoms with van der Waals surface area (Å²) in [7, 11) is 0. The van der Waals surface area contributed by atoms with E-state index in [2.05, 4.69) is 19.5 Å². The molecule has 1 atom stereocenters. The van der Waals surface area contributed by atoms with Gasteiger partial charge in [-0.25, -0.2) is 4.98 Å². The minimum atomic E-state index is -0.824. The minimum absolute atomic E-state index is 0.160. The lowest BCUT2D eigenvalue weighted by molar-refractivity contribution is 0.154. The zero-order valence-electron chi connectivity index (χ0n) is 11.0. The number of aromatic nitrogens is 3. The number of aliphatic imine (C=N–C) groups is 1. The van der Waals surface area contributed by atoms with Crippen molar-refractivity contribution < 1.29 is 5.11 Å². The Morgan fingerprint density at radius 1 is 1.30 bits per heavy atom. The van der Waals surface area contributed by atoms with Crippen LogP contribution in [0, 0.1) is 0 Å². The molecule has 3 heterocycles. The highest BCUT2D eigenvalue weighted by molar-refractivity contribution is 6.28. The predicted molar refractivity (Wildman–Crippen MR) is 77.0 cm³/mol. The Balaban J connectivity index is 2.01. The van der Waals surface area contributed by atoms with Crippen molar-refractivity contribution >= 4 is 28.8 Å². The van der Waals surface area contributed by atoms with Crippen molar-refractivity contribution in [2.75, 3.05) is 0 Å². The molecule has 20 heavy (non-hydrogen) atoms. The normalized spacial score (nSPS) is 24.2. The highest BCUT2D eigenvalue weighted by Gasteiger charge is 2.39. The van der Waals surface area contributed by atoms with Crippen LogP contribution >= 0.6 is 11.6 Å². The fraction of sp³-hybridized carbons (Fsp3) is 0.500. The van der Waals surface area contributed by atoms with Crippen molar-refractivity contribution in [2.45, 2.75) is 43.9 Å². The van der Waals surface area contributed by atoms with Crippen LogP contribution in [0.2, 0.25) is 5.28 Å². The first-order valence-electron chi connectivity index (χ1n) is 6.96. The van der Waals surface area contributed by atoms with Crippen LogP contribution in [0.4, 0.5) is 0 Å². The number of aliphatic hydroxyl groups excluding tert-OH is 1. The van der Waals surface area contributed by atoms with Gasteiger partial charge in [-0.05, 0) is 30.5 Å². The minimum Gasteiger partial charge on any atom is -0.367 e. The second-order valence-corrected chi connectivity index (χ2v) is 5.98. The lowest BCUT2D eigenvalue weighted by Crippen LogP contribution is -2.41. The Morgan fingerprint density at radius 3 is 2.90 bits per heavy atom. The molecule has 104 valence electrons. The monoisotopic (exact) mass is 290 g/mol. The van der Waals surface area contributed by atoms with E-state index >= 15 is 0 Å². The Hall–Kier alpha value is -1.46. The van der Waals surface area contributed by atoms with E-state index in [1.807, 2.05) is 12.3 Å². The topological polar surface area (TPSA) is 63.3 Å².